The molecule has 0 amide bonds. The number of ether oxygens (including phenoxy) is 1. The molecule has 1 aliphatic rings. The first-order valence-electron chi connectivity index (χ1n) is 6.01. The van der Waals surface area contributed by atoms with Crippen molar-refractivity contribution in [3.63, 3.8) is 0 Å². The molecule has 0 spiro atoms. The molecule has 0 saturated heterocycles. The van der Waals surface area contributed by atoms with Crippen molar-refractivity contribution < 1.29 is 46.6 Å². The number of nitrogens with zero attached hydrogens (tertiary/aromatic N) is 5. The topological polar surface area (TPSA) is 91.4 Å². The Labute approximate surface area is 143 Å². The van der Waals surface area contributed by atoms with Gasteiger partial charge in [-0.3, -0.25) is 0 Å². The first-order valence-corrected chi connectivity index (χ1v) is 6.01. The summed E-state index contributed by atoms with van der Waals surface area (Å²) in [6.45, 7) is 0. The predicted molar refractivity (Wildman–Crippen MR) is 63.7 cm³/mol. The van der Waals surface area contributed by atoms with Crippen LogP contribution in [0.3, 0.4) is 0 Å². The van der Waals surface area contributed by atoms with Crippen LogP contribution in [-0.2, 0) is 44.5 Å². The molecule has 0 aromatic carbocycles. The minimum absolute atomic E-state index is 0. The van der Waals surface area contributed by atoms with E-state index in [4.69, 9.17) is 4.74 Å². The van der Waals surface area contributed by atoms with Crippen LogP contribution in [0.4, 0.5) is 4.39 Å². The first-order chi connectivity index (χ1) is 9.58. The maximum absolute atomic E-state index is 13.4. The second-order valence-corrected chi connectivity index (χ2v) is 4.50. The van der Waals surface area contributed by atoms with Crippen molar-refractivity contribution in [2.75, 3.05) is 0 Å². The Morgan fingerprint density at radius 2 is 2.29 bits per heavy atom. The fourth-order valence-electron chi connectivity index (χ4n) is 2.06. The Balaban J connectivity index is 0.00000161. The summed E-state index contributed by atoms with van der Waals surface area (Å²) in [5, 5.41) is 7.30. The average Bonchev–Trinajstić information content (AvgIpc) is 3.01. The summed E-state index contributed by atoms with van der Waals surface area (Å²) < 4.78 is 20.5. The van der Waals surface area contributed by atoms with Crippen LogP contribution in [-0.4, -0.2) is 42.6 Å². The van der Waals surface area contributed by atoms with Crippen LogP contribution in [0.5, 0.6) is 0 Å². The van der Waals surface area contributed by atoms with Crippen molar-refractivity contribution in [2.24, 2.45) is 7.05 Å². The van der Waals surface area contributed by atoms with Crippen LogP contribution < -0.4 is 5.69 Å². The second kappa shape index (κ2) is 6.27. The molecule has 3 rings (SSSR count). The van der Waals surface area contributed by atoms with E-state index in [-0.39, 0.29) is 50.5 Å². The van der Waals surface area contributed by atoms with E-state index in [0.29, 0.717) is 6.42 Å². The summed E-state index contributed by atoms with van der Waals surface area (Å²) >= 11 is 0. The van der Waals surface area contributed by atoms with Gasteiger partial charge in [-0.15, -0.1) is 17.9 Å². The molecule has 2 aromatic heterocycles. The van der Waals surface area contributed by atoms with E-state index < -0.39 is 23.9 Å². The summed E-state index contributed by atoms with van der Waals surface area (Å²) in [4.78, 5) is 27.5. The number of imidazole rings is 1. The van der Waals surface area contributed by atoms with Gasteiger partial charge in [-0.2, -0.15) is 4.68 Å². The molecule has 10 heteroatoms. The predicted octanol–water partition coefficient (Wildman–Crippen LogP) is -0.318. The van der Waals surface area contributed by atoms with Gasteiger partial charge in [0.1, 0.15) is 18.6 Å². The van der Waals surface area contributed by atoms with E-state index >= 15 is 0 Å². The summed E-state index contributed by atoms with van der Waals surface area (Å²) in [6, 6.07) is 0. The van der Waals surface area contributed by atoms with Gasteiger partial charge in [0.05, 0.1) is 0 Å². The molecule has 2 unspecified atom stereocenters. The number of fused-ring (bicyclic) bond motifs is 1. The van der Waals surface area contributed by atoms with Gasteiger partial charge in [0.2, 0.25) is 0 Å². The van der Waals surface area contributed by atoms with Crippen LogP contribution in [0.1, 0.15) is 23.3 Å². The molecule has 1 saturated carbocycles. The summed E-state index contributed by atoms with van der Waals surface area (Å²) in [5.74, 6) is -0.807. The van der Waals surface area contributed by atoms with E-state index in [1.54, 1.807) is 6.42 Å². The van der Waals surface area contributed by atoms with Crippen LogP contribution in [0.15, 0.2) is 11.1 Å². The normalized spacial score (nSPS) is 21.2. The SMILES string of the molecule is Cn1nnc2c(C(=O)OC3C[CH-]CC3F)ncn2c1=O.[Y]. The largest absolute Gasteiger partial charge is 0.457 e. The minimum atomic E-state index is -1.20. The van der Waals surface area contributed by atoms with Gasteiger partial charge in [0.25, 0.3) is 0 Å². The van der Waals surface area contributed by atoms with Gasteiger partial charge in [0, 0.05) is 39.8 Å². The van der Waals surface area contributed by atoms with Gasteiger partial charge in [0.15, 0.2) is 11.3 Å². The van der Waals surface area contributed by atoms with Crippen LogP contribution >= 0.6 is 0 Å². The number of aryl methyl sites for hydroxylation is 1. The Hall–Kier alpha value is -1.22. The number of aromatic nitrogens is 5. The fourth-order valence-corrected chi connectivity index (χ4v) is 2.06. The van der Waals surface area contributed by atoms with Crippen molar-refractivity contribution in [3.05, 3.63) is 28.9 Å². The number of rotatable bonds is 2. The Bertz CT molecular complexity index is 730. The zero-order valence-corrected chi connectivity index (χ0v) is 14.0. The third kappa shape index (κ3) is 2.89. The fraction of sp³-hybridized carbons (Fsp3) is 0.455. The Kier molecular flexibility index (Phi) is 4.82. The zero-order chi connectivity index (χ0) is 14.3. The van der Waals surface area contributed by atoms with Crippen molar-refractivity contribution in [3.8, 4) is 0 Å². The summed E-state index contributed by atoms with van der Waals surface area (Å²) in [5.41, 5.74) is -0.635. The number of hydrogen-bond acceptors (Lipinski definition) is 6. The molecule has 0 aliphatic heterocycles. The van der Waals surface area contributed by atoms with Gasteiger partial charge in [-0.25, -0.2) is 23.4 Å². The molecular formula is C11H11FN5O3Y-. The molecule has 0 N–H and O–H groups in total. The second-order valence-electron chi connectivity index (χ2n) is 4.50. The third-order valence-electron chi connectivity index (χ3n) is 3.14. The van der Waals surface area contributed by atoms with E-state index in [0.717, 1.165) is 15.4 Å². The standard InChI is InChI=1S/C11H11FN5O3.Y/c1-16-11(19)17-5-13-8(9(17)14-15-16)10(18)20-7-4-2-3-6(7)12;/h2,5-7H,3-4H2,1H3;/q-1;. The Morgan fingerprint density at radius 3 is 2.95 bits per heavy atom. The van der Waals surface area contributed by atoms with E-state index in [1.807, 2.05) is 0 Å². The maximum atomic E-state index is 13.4. The van der Waals surface area contributed by atoms with E-state index in [1.165, 1.54) is 7.05 Å². The number of carbonyl (C=O) groups excluding carboxylic acids is 1. The van der Waals surface area contributed by atoms with Crippen LogP contribution in [0, 0.1) is 6.42 Å². The van der Waals surface area contributed by atoms with Crippen molar-refractivity contribution in [1.82, 2.24) is 24.4 Å². The molecule has 1 fully saturated rings. The quantitative estimate of drug-likeness (QED) is 0.533. The monoisotopic (exact) mass is 369 g/mol. The van der Waals surface area contributed by atoms with Gasteiger partial charge < -0.3 is 11.2 Å². The first kappa shape index (κ1) is 16.2. The zero-order valence-electron chi connectivity index (χ0n) is 11.1. The average molecular weight is 369 g/mol. The molecule has 2 heterocycles. The minimum Gasteiger partial charge on any atom is -0.457 e. The molecule has 8 nitrogen and oxygen atoms in total. The summed E-state index contributed by atoms with van der Waals surface area (Å²) in [6.07, 6.45) is 1.51. The number of hydrogen-bond donors (Lipinski definition) is 0. The molecule has 1 radical (unpaired) electrons. The number of esters is 1. The number of carbonyl (C=O) groups is 1. The molecule has 2 atom stereocenters. The Morgan fingerprint density at radius 1 is 1.52 bits per heavy atom. The van der Waals surface area contributed by atoms with Crippen LogP contribution in [0.25, 0.3) is 5.65 Å². The maximum Gasteiger partial charge on any atom is 0.361 e. The molecular weight excluding hydrogens is 358 g/mol. The van der Waals surface area contributed by atoms with E-state index in [9.17, 15) is 14.0 Å². The molecule has 2 aromatic rings. The van der Waals surface area contributed by atoms with Crippen molar-refractivity contribution in [2.45, 2.75) is 25.1 Å². The van der Waals surface area contributed by atoms with Gasteiger partial charge in [-0.1, -0.05) is 5.21 Å². The van der Waals surface area contributed by atoms with Gasteiger partial charge >= 0.3 is 11.7 Å². The number of halogens is 1. The molecule has 109 valence electrons. The molecule has 0 bridgehead atoms. The van der Waals surface area contributed by atoms with Gasteiger partial charge in [-0.05, 0) is 0 Å². The summed E-state index contributed by atoms with van der Waals surface area (Å²) in [7, 11) is 1.43. The third-order valence-corrected chi connectivity index (χ3v) is 3.14. The van der Waals surface area contributed by atoms with Crippen molar-refractivity contribution >= 4 is 11.6 Å². The van der Waals surface area contributed by atoms with Crippen molar-refractivity contribution in [1.29, 1.82) is 0 Å². The smallest absolute Gasteiger partial charge is 0.361 e. The van der Waals surface area contributed by atoms with E-state index in [2.05, 4.69) is 15.3 Å². The molecule has 21 heavy (non-hydrogen) atoms. The van der Waals surface area contributed by atoms with Crippen LogP contribution in [0.2, 0.25) is 0 Å². The number of alkyl halides is 1. The molecule has 1 aliphatic carbocycles.